The summed E-state index contributed by atoms with van der Waals surface area (Å²) in [5.41, 5.74) is 0.711. The number of methoxy groups -OCH3 is 1. The van der Waals surface area contributed by atoms with Crippen LogP contribution in [0.2, 0.25) is 0 Å². The Morgan fingerprint density at radius 2 is 2.19 bits per heavy atom. The highest BCUT2D eigenvalue weighted by Crippen LogP contribution is 2.22. The molecule has 0 spiro atoms. The predicted molar refractivity (Wildman–Crippen MR) is 84.7 cm³/mol. The predicted octanol–water partition coefficient (Wildman–Crippen LogP) is 1.56. The average molecular weight is 291 g/mol. The average Bonchev–Trinajstić information content (AvgIpc) is 2.47. The molecule has 1 saturated heterocycles. The van der Waals surface area contributed by atoms with E-state index in [-0.39, 0.29) is 5.91 Å². The molecule has 2 rings (SSSR count). The lowest BCUT2D eigenvalue weighted by atomic mass is 9.94. The molecule has 116 valence electrons. The van der Waals surface area contributed by atoms with E-state index < -0.39 is 0 Å². The van der Waals surface area contributed by atoms with Gasteiger partial charge >= 0.3 is 0 Å². The van der Waals surface area contributed by atoms with E-state index in [2.05, 4.69) is 29.5 Å². The summed E-state index contributed by atoms with van der Waals surface area (Å²) >= 11 is 0. The second-order valence-corrected chi connectivity index (χ2v) is 5.76. The minimum Gasteiger partial charge on any atom is -0.495 e. The number of hydrogen-bond acceptors (Lipinski definition) is 4. The van der Waals surface area contributed by atoms with Crippen LogP contribution in [-0.4, -0.2) is 50.6 Å². The van der Waals surface area contributed by atoms with Crippen LogP contribution in [0.4, 0.5) is 5.69 Å². The van der Waals surface area contributed by atoms with E-state index in [4.69, 9.17) is 4.74 Å². The quantitative estimate of drug-likeness (QED) is 0.864. The fraction of sp³-hybridized carbons (Fsp3) is 0.562. The number of benzene rings is 1. The lowest BCUT2D eigenvalue weighted by molar-refractivity contribution is -0.115. The first-order valence-electron chi connectivity index (χ1n) is 7.45. The van der Waals surface area contributed by atoms with Crippen LogP contribution in [0.5, 0.6) is 5.75 Å². The van der Waals surface area contributed by atoms with Gasteiger partial charge in [-0.05, 0) is 38.1 Å². The highest BCUT2D eigenvalue weighted by atomic mass is 16.5. The molecule has 0 bridgehead atoms. The fourth-order valence-corrected chi connectivity index (χ4v) is 2.82. The zero-order chi connectivity index (χ0) is 15.2. The number of carbonyl (C=O) groups excluding carboxylic acids is 1. The molecule has 1 heterocycles. The van der Waals surface area contributed by atoms with Crippen molar-refractivity contribution in [1.82, 2.24) is 10.2 Å². The fourth-order valence-electron chi connectivity index (χ4n) is 2.82. The molecular weight excluding hydrogens is 266 g/mol. The van der Waals surface area contributed by atoms with Gasteiger partial charge in [-0.2, -0.15) is 0 Å². The van der Waals surface area contributed by atoms with Crippen LogP contribution in [-0.2, 0) is 4.79 Å². The molecule has 1 fully saturated rings. The second kappa shape index (κ2) is 7.43. The van der Waals surface area contributed by atoms with Crippen LogP contribution in [0.1, 0.15) is 13.3 Å². The number of rotatable bonds is 5. The molecule has 1 aromatic rings. The van der Waals surface area contributed by atoms with Gasteiger partial charge in [0.2, 0.25) is 5.91 Å². The van der Waals surface area contributed by atoms with Crippen LogP contribution in [0.25, 0.3) is 0 Å². The van der Waals surface area contributed by atoms with E-state index in [1.807, 2.05) is 24.3 Å². The maximum absolute atomic E-state index is 12.1. The molecule has 5 nitrogen and oxygen atoms in total. The van der Waals surface area contributed by atoms with Crippen LogP contribution in [0, 0.1) is 5.92 Å². The zero-order valence-electron chi connectivity index (χ0n) is 13.1. The number of nitrogens with zero attached hydrogens (tertiary/aromatic N) is 1. The van der Waals surface area contributed by atoms with Gasteiger partial charge < -0.3 is 20.3 Å². The Morgan fingerprint density at radius 3 is 2.90 bits per heavy atom. The molecule has 0 aliphatic carbocycles. The van der Waals surface area contributed by atoms with Gasteiger partial charge in [-0.25, -0.2) is 0 Å². The van der Waals surface area contributed by atoms with E-state index in [1.165, 1.54) is 0 Å². The standard InChI is InChI=1S/C16H25N3O2/c1-12-11-19(2)9-8-13(12)17-10-16(20)18-14-6-4-5-7-15(14)21-3/h4-7,12-13,17H,8-11H2,1-3H3,(H,18,20). The van der Waals surface area contributed by atoms with E-state index in [0.717, 1.165) is 19.5 Å². The maximum Gasteiger partial charge on any atom is 0.238 e. The summed E-state index contributed by atoms with van der Waals surface area (Å²) in [6.45, 7) is 4.71. The molecule has 2 unspecified atom stereocenters. The Balaban J connectivity index is 1.82. The molecule has 1 aliphatic heterocycles. The van der Waals surface area contributed by atoms with E-state index >= 15 is 0 Å². The van der Waals surface area contributed by atoms with Gasteiger partial charge in [0.05, 0.1) is 19.3 Å². The van der Waals surface area contributed by atoms with E-state index in [9.17, 15) is 4.79 Å². The Bertz CT molecular complexity index is 478. The molecule has 2 N–H and O–H groups in total. The molecule has 1 aromatic carbocycles. The van der Waals surface area contributed by atoms with Crippen molar-refractivity contribution in [3.63, 3.8) is 0 Å². The summed E-state index contributed by atoms with van der Waals surface area (Å²) in [7, 11) is 3.74. The van der Waals surface area contributed by atoms with Crippen molar-refractivity contribution in [2.24, 2.45) is 5.92 Å². The third kappa shape index (κ3) is 4.44. The highest BCUT2D eigenvalue weighted by molar-refractivity contribution is 5.93. The molecule has 0 radical (unpaired) electrons. The van der Waals surface area contributed by atoms with Gasteiger partial charge in [-0.3, -0.25) is 4.79 Å². The van der Waals surface area contributed by atoms with Gasteiger partial charge in [-0.1, -0.05) is 19.1 Å². The summed E-state index contributed by atoms with van der Waals surface area (Å²) in [5, 5.41) is 6.26. The number of amides is 1. The third-order valence-corrected chi connectivity index (χ3v) is 4.01. The highest BCUT2D eigenvalue weighted by Gasteiger charge is 2.24. The first-order valence-corrected chi connectivity index (χ1v) is 7.45. The van der Waals surface area contributed by atoms with Crippen LogP contribution in [0.3, 0.4) is 0 Å². The lowest BCUT2D eigenvalue weighted by Gasteiger charge is -2.35. The summed E-state index contributed by atoms with van der Waals surface area (Å²) in [6, 6.07) is 7.85. The SMILES string of the molecule is COc1ccccc1NC(=O)CNC1CCN(C)CC1C. The Morgan fingerprint density at radius 1 is 1.43 bits per heavy atom. The lowest BCUT2D eigenvalue weighted by Crippen LogP contribution is -2.48. The summed E-state index contributed by atoms with van der Waals surface area (Å²) < 4.78 is 5.23. The van der Waals surface area contributed by atoms with Crippen molar-refractivity contribution in [1.29, 1.82) is 0 Å². The molecule has 0 aromatic heterocycles. The molecule has 2 atom stereocenters. The molecule has 0 saturated carbocycles. The Kier molecular flexibility index (Phi) is 5.59. The minimum atomic E-state index is -0.0365. The minimum absolute atomic E-state index is 0.0365. The van der Waals surface area contributed by atoms with Gasteiger partial charge in [0.1, 0.15) is 5.75 Å². The first-order chi connectivity index (χ1) is 10.1. The molecule has 1 aliphatic rings. The number of hydrogen-bond donors (Lipinski definition) is 2. The Labute approximate surface area is 126 Å². The third-order valence-electron chi connectivity index (χ3n) is 4.01. The van der Waals surface area contributed by atoms with Gasteiger partial charge in [-0.15, -0.1) is 0 Å². The molecule has 5 heteroatoms. The topological polar surface area (TPSA) is 53.6 Å². The smallest absolute Gasteiger partial charge is 0.238 e. The van der Waals surface area contributed by atoms with Crippen molar-refractivity contribution >= 4 is 11.6 Å². The van der Waals surface area contributed by atoms with Crippen molar-refractivity contribution in [3.05, 3.63) is 24.3 Å². The number of carbonyl (C=O) groups is 1. The van der Waals surface area contributed by atoms with Crippen molar-refractivity contribution < 1.29 is 9.53 Å². The van der Waals surface area contributed by atoms with Crippen molar-refractivity contribution in [2.75, 3.05) is 39.1 Å². The van der Waals surface area contributed by atoms with Gasteiger partial charge in [0.15, 0.2) is 0 Å². The number of piperidine rings is 1. The number of para-hydroxylation sites is 2. The normalized spacial score (nSPS) is 22.8. The monoisotopic (exact) mass is 291 g/mol. The van der Waals surface area contributed by atoms with Gasteiger partial charge in [0, 0.05) is 12.6 Å². The van der Waals surface area contributed by atoms with E-state index in [0.29, 0.717) is 29.9 Å². The van der Waals surface area contributed by atoms with Crippen LogP contribution in [0.15, 0.2) is 24.3 Å². The number of anilines is 1. The number of nitrogens with one attached hydrogen (secondary N) is 2. The van der Waals surface area contributed by atoms with Crippen molar-refractivity contribution in [2.45, 2.75) is 19.4 Å². The molecule has 21 heavy (non-hydrogen) atoms. The van der Waals surface area contributed by atoms with E-state index in [1.54, 1.807) is 7.11 Å². The number of ether oxygens (including phenoxy) is 1. The summed E-state index contributed by atoms with van der Waals surface area (Å²) in [6.07, 6.45) is 1.08. The second-order valence-electron chi connectivity index (χ2n) is 5.76. The summed E-state index contributed by atoms with van der Waals surface area (Å²) in [4.78, 5) is 14.4. The first kappa shape index (κ1) is 15.8. The molecular formula is C16H25N3O2. The van der Waals surface area contributed by atoms with Crippen molar-refractivity contribution in [3.8, 4) is 5.75 Å². The van der Waals surface area contributed by atoms with Gasteiger partial charge in [0.25, 0.3) is 0 Å². The molecule has 1 amide bonds. The maximum atomic E-state index is 12.1. The zero-order valence-corrected chi connectivity index (χ0v) is 13.1. The number of likely N-dealkylation sites (tertiary alicyclic amines) is 1. The Hall–Kier alpha value is -1.59. The summed E-state index contributed by atoms with van der Waals surface area (Å²) in [5.74, 6) is 1.20. The van der Waals surface area contributed by atoms with Crippen LogP contribution >= 0.6 is 0 Å². The largest absolute Gasteiger partial charge is 0.495 e. The van der Waals surface area contributed by atoms with Crippen LogP contribution < -0.4 is 15.4 Å².